The van der Waals surface area contributed by atoms with E-state index in [9.17, 15) is 4.79 Å². The Balaban J connectivity index is -0.0000000910. The number of hydrogen-bond donors (Lipinski definition) is 1. The molecule has 1 N–H and O–H groups in total. The Bertz CT molecular complexity index is 101. The normalized spacial score (nSPS) is 6.20. The number of carboxylic acids is 1. The minimum Gasteiger partial charge on any atom is -0.534 e. The zero-order valence-corrected chi connectivity index (χ0v) is 8.51. The number of halogens is 1. The van der Waals surface area contributed by atoms with E-state index in [1.807, 2.05) is 0 Å². The molecule has 0 aromatic rings. The van der Waals surface area contributed by atoms with Crippen LogP contribution in [0.1, 0.15) is 13.3 Å². The van der Waals surface area contributed by atoms with Crippen molar-refractivity contribution in [2.75, 3.05) is 0 Å². The van der Waals surface area contributed by atoms with Crippen LogP contribution in [0.15, 0.2) is 0 Å². The van der Waals surface area contributed by atoms with Crippen molar-refractivity contribution in [3.05, 3.63) is 0 Å². The fraction of sp³-hybridized carbons (Fsp3) is 0.500. The van der Waals surface area contributed by atoms with Crippen LogP contribution >= 0.6 is 11.6 Å². The first-order valence-electron chi connectivity index (χ1n) is 2.09. The molecule has 0 saturated heterocycles. The molecule has 0 aromatic carbocycles. The van der Waals surface area contributed by atoms with Gasteiger partial charge in [-0.05, 0) is 0 Å². The van der Waals surface area contributed by atoms with Gasteiger partial charge in [0, 0.05) is 6.42 Å². The maximum atomic E-state index is 9.37. The molecular formula is C4H6ClNaO4. The van der Waals surface area contributed by atoms with Crippen LogP contribution in [0, 0.1) is 0 Å². The van der Waals surface area contributed by atoms with E-state index in [1.165, 1.54) is 0 Å². The fourth-order valence-electron chi connectivity index (χ4n) is 0. The van der Waals surface area contributed by atoms with Crippen molar-refractivity contribution >= 4 is 23.0 Å². The molecule has 0 rings (SSSR count). The van der Waals surface area contributed by atoms with E-state index in [2.05, 4.69) is 11.6 Å². The smallest absolute Gasteiger partial charge is 0.534 e. The third-order valence-corrected chi connectivity index (χ3v) is 0.302. The average Bonchev–Trinajstić information content (AvgIpc) is 1.65. The van der Waals surface area contributed by atoms with E-state index in [0.29, 0.717) is 0 Å². The maximum Gasteiger partial charge on any atom is 1.00 e. The largest absolute Gasteiger partial charge is 1.00 e. The van der Waals surface area contributed by atoms with E-state index in [-0.39, 0.29) is 36.0 Å². The summed E-state index contributed by atoms with van der Waals surface area (Å²) in [7, 11) is 0. The molecular weight excluding hydrogens is 170 g/mol. The zero-order valence-electron chi connectivity index (χ0n) is 5.76. The molecule has 0 amide bonds. The molecule has 0 aromatic heterocycles. The summed E-state index contributed by atoms with van der Waals surface area (Å²) < 4.78 is 0. The van der Waals surface area contributed by atoms with Crippen LogP contribution in [-0.2, 0) is 4.79 Å². The second-order valence-electron chi connectivity index (χ2n) is 0.985. The van der Waals surface area contributed by atoms with Gasteiger partial charge in [-0.3, -0.25) is 4.79 Å². The van der Waals surface area contributed by atoms with E-state index in [1.54, 1.807) is 6.92 Å². The first kappa shape index (κ1) is 16.7. The van der Waals surface area contributed by atoms with Crippen molar-refractivity contribution < 1.29 is 49.4 Å². The summed E-state index contributed by atoms with van der Waals surface area (Å²) in [6.45, 7) is 1.60. The molecule has 0 saturated carbocycles. The molecule has 0 unspecified atom stereocenters. The van der Waals surface area contributed by atoms with Gasteiger partial charge < -0.3 is 15.0 Å². The van der Waals surface area contributed by atoms with Crippen LogP contribution in [0.4, 0.5) is 4.79 Å². The van der Waals surface area contributed by atoms with E-state index in [0.717, 1.165) is 0 Å². The first-order valence-corrected chi connectivity index (χ1v) is 2.46. The third-order valence-electron chi connectivity index (χ3n) is 0.302. The van der Waals surface area contributed by atoms with Gasteiger partial charge in [0.2, 0.25) is 0 Å². The molecule has 6 heteroatoms. The van der Waals surface area contributed by atoms with Gasteiger partial charge in [0.25, 0.3) is 0 Å². The van der Waals surface area contributed by atoms with Crippen molar-refractivity contribution in [3.8, 4) is 0 Å². The van der Waals surface area contributed by atoms with Crippen LogP contribution in [-0.4, -0.2) is 16.5 Å². The monoisotopic (exact) mass is 176 g/mol. The molecule has 0 aliphatic heterocycles. The Kier molecular flexibility index (Phi) is 19.9. The summed E-state index contributed by atoms with van der Waals surface area (Å²) in [5.41, 5.74) is -1.61. The number of carboxylic acid groups (broad SMARTS) is 2. The van der Waals surface area contributed by atoms with Crippen molar-refractivity contribution in [1.29, 1.82) is 0 Å². The van der Waals surface area contributed by atoms with Crippen LogP contribution in [0.3, 0.4) is 0 Å². The van der Waals surface area contributed by atoms with Crippen LogP contribution in [0.5, 0.6) is 0 Å². The quantitative estimate of drug-likeness (QED) is 0.342. The van der Waals surface area contributed by atoms with Crippen molar-refractivity contribution in [3.63, 3.8) is 0 Å². The Morgan fingerprint density at radius 1 is 1.60 bits per heavy atom. The molecule has 10 heavy (non-hydrogen) atoms. The van der Waals surface area contributed by atoms with Gasteiger partial charge in [0.05, 0.1) is 0 Å². The summed E-state index contributed by atoms with van der Waals surface area (Å²) in [5.74, 6) is -0.745. The standard InChI is InChI=1S/C3H6O2.CHClO2.Na/c1-2-3(4)5;2-1(3)4;/h2H2,1H3,(H,4,5);(H,3,4);/q;;+1/p-1. The van der Waals surface area contributed by atoms with E-state index >= 15 is 0 Å². The van der Waals surface area contributed by atoms with Gasteiger partial charge in [0.1, 0.15) is 5.43 Å². The Labute approximate surface area is 85.5 Å². The number of carbonyl (C=O) groups is 2. The van der Waals surface area contributed by atoms with Crippen LogP contribution in [0.2, 0.25) is 0 Å². The first-order chi connectivity index (χ1) is 4.00. The van der Waals surface area contributed by atoms with Gasteiger partial charge in [-0.25, -0.2) is 0 Å². The molecule has 4 nitrogen and oxygen atoms in total. The maximum absolute atomic E-state index is 9.37. The number of rotatable bonds is 1. The Hall–Kier alpha value is 0.230. The number of hydrogen-bond acceptors (Lipinski definition) is 3. The number of aliphatic carboxylic acids is 1. The van der Waals surface area contributed by atoms with Gasteiger partial charge >= 0.3 is 35.5 Å². The molecule has 0 aliphatic carbocycles. The summed E-state index contributed by atoms with van der Waals surface area (Å²) >= 11 is 4.08. The van der Waals surface area contributed by atoms with E-state index < -0.39 is 11.4 Å². The Morgan fingerprint density at radius 2 is 1.70 bits per heavy atom. The number of carbonyl (C=O) groups excluding carboxylic acids is 1. The topological polar surface area (TPSA) is 77.4 Å². The summed E-state index contributed by atoms with van der Waals surface area (Å²) in [6.07, 6.45) is 0.222. The predicted octanol–water partition coefficient (Wildman–Crippen LogP) is -2.95. The minimum atomic E-state index is -1.61. The predicted molar refractivity (Wildman–Crippen MR) is 29.2 cm³/mol. The SMILES string of the molecule is CCC(=O)O.O=C([O-])Cl.[Na+]. The molecule has 0 atom stereocenters. The summed E-state index contributed by atoms with van der Waals surface area (Å²) in [6, 6.07) is 0. The minimum absolute atomic E-state index is 0. The molecule has 0 radical (unpaired) electrons. The second kappa shape index (κ2) is 12.0. The summed E-state index contributed by atoms with van der Waals surface area (Å²) in [4.78, 5) is 18.0. The third kappa shape index (κ3) is 86.5. The van der Waals surface area contributed by atoms with Gasteiger partial charge in [-0.15, -0.1) is 0 Å². The van der Waals surface area contributed by atoms with Crippen molar-refractivity contribution in [2.24, 2.45) is 0 Å². The van der Waals surface area contributed by atoms with Gasteiger partial charge in [-0.2, -0.15) is 0 Å². The van der Waals surface area contributed by atoms with E-state index in [4.69, 9.17) is 15.0 Å². The molecule has 0 fully saturated rings. The molecule has 0 aliphatic rings. The van der Waals surface area contributed by atoms with Crippen LogP contribution < -0.4 is 34.7 Å². The molecule has 0 spiro atoms. The molecule has 0 heterocycles. The van der Waals surface area contributed by atoms with Crippen molar-refractivity contribution in [1.82, 2.24) is 0 Å². The van der Waals surface area contributed by atoms with Gasteiger partial charge in [0.15, 0.2) is 0 Å². The fourth-order valence-corrected chi connectivity index (χ4v) is 0. The van der Waals surface area contributed by atoms with Gasteiger partial charge in [-0.1, -0.05) is 18.5 Å². The molecule has 0 bridgehead atoms. The summed E-state index contributed by atoms with van der Waals surface area (Å²) in [5, 5.41) is 16.4. The van der Waals surface area contributed by atoms with Crippen LogP contribution in [0.25, 0.3) is 0 Å². The molecule has 54 valence electrons. The second-order valence-corrected chi connectivity index (χ2v) is 1.29. The average molecular weight is 177 g/mol. The van der Waals surface area contributed by atoms with Crippen molar-refractivity contribution in [2.45, 2.75) is 13.3 Å². The zero-order chi connectivity index (χ0) is 7.86. The Morgan fingerprint density at radius 3 is 1.70 bits per heavy atom.